The van der Waals surface area contributed by atoms with Gasteiger partial charge < -0.3 is 5.11 Å². The molecule has 2 aromatic heterocycles. The van der Waals surface area contributed by atoms with E-state index >= 15 is 0 Å². The van der Waals surface area contributed by atoms with Crippen LogP contribution in [0.25, 0.3) is 33.1 Å². The Kier molecular flexibility index (Phi) is 5.56. The number of aromatic carboxylic acids is 1. The second-order valence-corrected chi connectivity index (χ2v) is 7.96. The van der Waals surface area contributed by atoms with Crippen LogP contribution >= 0.6 is 34.5 Å². The summed E-state index contributed by atoms with van der Waals surface area (Å²) in [6, 6.07) is 15.6. The Balaban J connectivity index is 1.75. The lowest BCUT2D eigenvalue weighted by atomic mass is 10.0. The van der Waals surface area contributed by atoms with Gasteiger partial charge in [0.1, 0.15) is 10.7 Å². The van der Waals surface area contributed by atoms with E-state index < -0.39 is 5.97 Å². The van der Waals surface area contributed by atoms with Gasteiger partial charge in [-0.05, 0) is 30.3 Å². The molecular weight excluding hydrogens is 439 g/mol. The highest BCUT2D eigenvalue weighted by Crippen LogP contribution is 2.34. The number of aromatic nitrogens is 2. The van der Waals surface area contributed by atoms with E-state index in [2.05, 4.69) is 15.9 Å². The quantitative estimate of drug-likeness (QED) is 0.359. The summed E-state index contributed by atoms with van der Waals surface area (Å²) in [6.45, 7) is 0. The molecule has 0 unspecified atom stereocenters. The van der Waals surface area contributed by atoms with Crippen molar-refractivity contribution in [1.82, 2.24) is 9.97 Å². The number of carboxylic acids is 1. The Morgan fingerprint density at radius 2 is 1.77 bits per heavy atom. The molecule has 0 bridgehead atoms. The molecule has 0 fully saturated rings. The topological polar surface area (TPSA) is 63.1 Å². The highest BCUT2D eigenvalue weighted by Gasteiger charge is 2.16. The van der Waals surface area contributed by atoms with Crippen LogP contribution in [0, 0.1) is 12.3 Å². The Labute approximate surface area is 186 Å². The number of pyridine rings is 1. The molecule has 0 atom stereocenters. The maximum Gasteiger partial charge on any atom is 0.336 e. The number of carboxylic acid groups (broad SMARTS) is 1. The van der Waals surface area contributed by atoms with Crippen LogP contribution in [0.3, 0.4) is 0 Å². The number of terminal acetylenes is 1. The molecule has 0 aliphatic carbocycles. The Hall–Kier alpha value is -3.17. The van der Waals surface area contributed by atoms with Gasteiger partial charge in [0.2, 0.25) is 0 Å². The van der Waals surface area contributed by atoms with Crippen LogP contribution in [0.2, 0.25) is 10.0 Å². The predicted molar refractivity (Wildman–Crippen MR) is 121 cm³/mol. The van der Waals surface area contributed by atoms with Crippen molar-refractivity contribution in [2.24, 2.45) is 0 Å². The summed E-state index contributed by atoms with van der Waals surface area (Å²) in [4.78, 5) is 20.9. The number of hydrogen-bond donors (Lipinski definition) is 1. The van der Waals surface area contributed by atoms with Crippen molar-refractivity contribution < 1.29 is 9.90 Å². The third-order valence-electron chi connectivity index (χ3n) is 4.39. The average Bonchev–Trinajstić information content (AvgIpc) is 3.25. The molecule has 7 heteroatoms. The molecule has 1 N–H and O–H groups in total. The summed E-state index contributed by atoms with van der Waals surface area (Å²) in [7, 11) is 0. The fourth-order valence-corrected chi connectivity index (χ4v) is 4.06. The summed E-state index contributed by atoms with van der Waals surface area (Å²) >= 11 is 13.5. The van der Waals surface area contributed by atoms with Gasteiger partial charge in [0.05, 0.1) is 27.0 Å². The van der Waals surface area contributed by atoms with Crippen LogP contribution in [0.4, 0.5) is 0 Å². The van der Waals surface area contributed by atoms with Gasteiger partial charge in [0.25, 0.3) is 0 Å². The lowest BCUT2D eigenvalue weighted by molar-refractivity contribution is 0.0697. The molecule has 0 saturated carbocycles. The molecule has 0 radical (unpaired) electrons. The largest absolute Gasteiger partial charge is 0.478 e. The van der Waals surface area contributed by atoms with Crippen molar-refractivity contribution in [1.29, 1.82) is 0 Å². The number of carbonyl (C=O) groups is 1. The van der Waals surface area contributed by atoms with Crippen molar-refractivity contribution in [2.45, 2.75) is 0 Å². The average molecular weight is 451 g/mol. The third kappa shape index (κ3) is 3.94. The molecule has 0 amide bonds. The third-order valence-corrected chi connectivity index (χ3v) is 6.02. The first-order valence-corrected chi connectivity index (χ1v) is 10.3. The van der Waals surface area contributed by atoms with Crippen molar-refractivity contribution in [3.63, 3.8) is 0 Å². The first-order valence-electron chi connectivity index (χ1n) is 8.69. The van der Waals surface area contributed by atoms with Crippen LogP contribution in [-0.4, -0.2) is 21.0 Å². The predicted octanol–water partition coefficient (Wildman–Crippen LogP) is 6.53. The van der Waals surface area contributed by atoms with E-state index in [1.165, 1.54) is 11.3 Å². The van der Waals surface area contributed by atoms with Crippen LogP contribution in [0.15, 0.2) is 60.0 Å². The first kappa shape index (κ1) is 20.1. The Morgan fingerprint density at radius 3 is 2.50 bits per heavy atom. The second-order valence-electron chi connectivity index (χ2n) is 6.28. The minimum atomic E-state index is -1.05. The molecule has 0 saturated heterocycles. The molecule has 4 rings (SSSR count). The van der Waals surface area contributed by atoms with Crippen LogP contribution in [0.1, 0.15) is 16.1 Å². The van der Waals surface area contributed by atoms with Crippen molar-refractivity contribution >= 4 is 40.5 Å². The summed E-state index contributed by atoms with van der Waals surface area (Å²) in [6.07, 6.45) is 5.41. The molecule has 2 heterocycles. The standard InChI is InChI=1S/C23H12Cl2N2O2S/c1-2-15-4-3-5-20(26-15)16-8-6-14(10-17(16)23(28)29)22-27-21(12-30-22)13-7-9-18(24)19(25)11-13/h1,3-12H,(H,28,29). The molecule has 30 heavy (non-hydrogen) atoms. The zero-order chi connectivity index (χ0) is 21.3. The maximum absolute atomic E-state index is 11.9. The molecular formula is C23H12Cl2N2O2S. The van der Waals surface area contributed by atoms with Crippen molar-refractivity contribution in [2.75, 3.05) is 0 Å². The first-order chi connectivity index (χ1) is 14.5. The summed E-state index contributed by atoms with van der Waals surface area (Å²) < 4.78 is 0. The zero-order valence-corrected chi connectivity index (χ0v) is 17.6. The van der Waals surface area contributed by atoms with Gasteiger partial charge >= 0.3 is 5.97 Å². The number of thiazole rings is 1. The maximum atomic E-state index is 11.9. The molecule has 146 valence electrons. The zero-order valence-electron chi connectivity index (χ0n) is 15.3. The minimum Gasteiger partial charge on any atom is -0.478 e. The SMILES string of the molecule is C#Cc1cccc(-c2ccc(-c3nc(-c4ccc(Cl)c(Cl)c4)cs3)cc2C(=O)O)n1. The van der Waals surface area contributed by atoms with Crippen molar-refractivity contribution in [3.8, 4) is 45.4 Å². The van der Waals surface area contributed by atoms with E-state index in [-0.39, 0.29) is 5.56 Å². The van der Waals surface area contributed by atoms with Gasteiger partial charge in [-0.15, -0.1) is 17.8 Å². The van der Waals surface area contributed by atoms with E-state index in [4.69, 9.17) is 29.6 Å². The molecule has 2 aromatic carbocycles. The van der Waals surface area contributed by atoms with Gasteiger partial charge in [0.15, 0.2) is 0 Å². The number of rotatable bonds is 4. The fraction of sp³-hybridized carbons (Fsp3) is 0. The highest BCUT2D eigenvalue weighted by atomic mass is 35.5. The number of halogens is 2. The summed E-state index contributed by atoms with van der Waals surface area (Å²) in [5.41, 5.74) is 3.82. The lowest BCUT2D eigenvalue weighted by Gasteiger charge is -2.08. The second kappa shape index (κ2) is 8.29. The van der Waals surface area contributed by atoms with Gasteiger partial charge in [-0.1, -0.05) is 53.4 Å². The van der Waals surface area contributed by atoms with E-state index in [9.17, 15) is 9.90 Å². The minimum absolute atomic E-state index is 0.125. The van der Waals surface area contributed by atoms with Gasteiger partial charge in [-0.25, -0.2) is 14.8 Å². The molecule has 4 nitrogen and oxygen atoms in total. The van der Waals surface area contributed by atoms with E-state index in [0.717, 1.165) is 11.3 Å². The van der Waals surface area contributed by atoms with Crippen LogP contribution in [-0.2, 0) is 0 Å². The lowest BCUT2D eigenvalue weighted by Crippen LogP contribution is -2.01. The van der Waals surface area contributed by atoms with E-state index in [1.807, 2.05) is 17.5 Å². The fourth-order valence-electron chi connectivity index (χ4n) is 2.94. The smallest absolute Gasteiger partial charge is 0.336 e. The van der Waals surface area contributed by atoms with E-state index in [1.54, 1.807) is 42.5 Å². The number of benzene rings is 2. The van der Waals surface area contributed by atoms with Crippen molar-refractivity contribution in [3.05, 3.63) is 81.3 Å². The van der Waals surface area contributed by atoms with Gasteiger partial charge in [-0.2, -0.15) is 0 Å². The summed E-state index contributed by atoms with van der Waals surface area (Å²) in [5.74, 6) is 1.41. The Bertz CT molecular complexity index is 1330. The molecule has 4 aromatic rings. The van der Waals surface area contributed by atoms with Crippen LogP contribution < -0.4 is 0 Å². The van der Waals surface area contributed by atoms with E-state index in [0.29, 0.717) is 37.6 Å². The Morgan fingerprint density at radius 1 is 0.967 bits per heavy atom. The van der Waals surface area contributed by atoms with Crippen LogP contribution in [0.5, 0.6) is 0 Å². The molecule has 0 spiro atoms. The van der Waals surface area contributed by atoms with Gasteiger partial charge in [0, 0.05) is 22.1 Å². The van der Waals surface area contributed by atoms with Gasteiger partial charge in [-0.3, -0.25) is 0 Å². The highest BCUT2D eigenvalue weighted by molar-refractivity contribution is 7.13. The molecule has 0 aliphatic heterocycles. The number of hydrogen-bond acceptors (Lipinski definition) is 4. The normalized spacial score (nSPS) is 10.6. The molecule has 0 aliphatic rings. The monoisotopic (exact) mass is 450 g/mol. The number of nitrogens with zero attached hydrogens (tertiary/aromatic N) is 2. The summed E-state index contributed by atoms with van der Waals surface area (Å²) in [5, 5.41) is 13.3.